The van der Waals surface area contributed by atoms with Gasteiger partial charge in [0.2, 0.25) is 11.8 Å². The molecule has 1 fully saturated rings. The smallest absolute Gasteiger partial charge is 0.247 e. The Balaban J connectivity index is 1.45. The molecule has 1 N–H and O–H groups in total. The summed E-state index contributed by atoms with van der Waals surface area (Å²) >= 11 is 0. The second kappa shape index (κ2) is 7.57. The maximum absolute atomic E-state index is 12.3. The van der Waals surface area contributed by atoms with Crippen LogP contribution in [-0.2, 0) is 9.53 Å². The third kappa shape index (κ3) is 4.00. The lowest BCUT2D eigenvalue weighted by atomic mass is 10.2. The van der Waals surface area contributed by atoms with Gasteiger partial charge in [-0.05, 0) is 38.3 Å². The minimum atomic E-state index is -0.0826. The quantitative estimate of drug-likeness (QED) is 0.883. The number of hydrogen-bond donors (Lipinski definition) is 1. The van der Waals surface area contributed by atoms with E-state index in [4.69, 9.17) is 4.74 Å². The molecule has 128 valence electrons. The number of fused-ring (bicyclic) bond motifs is 1. The molecule has 1 amide bonds. The summed E-state index contributed by atoms with van der Waals surface area (Å²) in [7, 11) is 0. The number of benzene rings is 1. The van der Waals surface area contributed by atoms with Crippen LogP contribution in [0.15, 0.2) is 24.4 Å². The van der Waals surface area contributed by atoms with Crippen LogP contribution in [0.25, 0.3) is 10.9 Å². The molecule has 0 aliphatic carbocycles. The van der Waals surface area contributed by atoms with Crippen LogP contribution in [0.5, 0.6) is 0 Å². The zero-order valence-corrected chi connectivity index (χ0v) is 14.0. The molecule has 2 heterocycles. The first-order valence-electron chi connectivity index (χ1n) is 8.49. The van der Waals surface area contributed by atoms with Gasteiger partial charge in [-0.25, -0.2) is 4.68 Å². The fraction of sp³-hybridized carbons (Fsp3) is 0.500. The van der Waals surface area contributed by atoms with Crippen LogP contribution in [0.4, 0.5) is 0 Å². The van der Waals surface area contributed by atoms with Crippen LogP contribution >= 0.6 is 0 Å². The molecule has 1 aromatic heterocycles. The van der Waals surface area contributed by atoms with Crippen LogP contribution in [0.3, 0.4) is 0 Å². The number of carbonyl (C=O) groups is 2. The lowest BCUT2D eigenvalue weighted by Crippen LogP contribution is -2.31. The largest absolute Gasteiger partial charge is 0.376 e. The summed E-state index contributed by atoms with van der Waals surface area (Å²) in [6.07, 6.45) is 5.08. The predicted octanol–water partition coefficient (Wildman–Crippen LogP) is 2.45. The van der Waals surface area contributed by atoms with E-state index in [0.29, 0.717) is 25.8 Å². The Morgan fingerprint density at radius 3 is 3.04 bits per heavy atom. The van der Waals surface area contributed by atoms with Crippen molar-refractivity contribution in [2.75, 3.05) is 13.2 Å². The lowest BCUT2D eigenvalue weighted by molar-refractivity contribution is -0.121. The number of aryl methyl sites for hydroxylation is 1. The molecule has 1 saturated heterocycles. The first-order chi connectivity index (χ1) is 11.6. The van der Waals surface area contributed by atoms with Crippen molar-refractivity contribution in [1.82, 2.24) is 15.1 Å². The van der Waals surface area contributed by atoms with Crippen molar-refractivity contribution in [2.24, 2.45) is 0 Å². The number of amides is 1. The van der Waals surface area contributed by atoms with E-state index in [1.807, 2.05) is 25.1 Å². The van der Waals surface area contributed by atoms with E-state index in [-0.39, 0.29) is 17.9 Å². The summed E-state index contributed by atoms with van der Waals surface area (Å²) in [5.74, 6) is -0.111. The molecule has 24 heavy (non-hydrogen) atoms. The van der Waals surface area contributed by atoms with Crippen molar-refractivity contribution < 1.29 is 14.3 Å². The average Bonchev–Trinajstić information content (AvgIpc) is 3.21. The summed E-state index contributed by atoms with van der Waals surface area (Å²) in [6.45, 7) is 3.36. The topological polar surface area (TPSA) is 73.2 Å². The van der Waals surface area contributed by atoms with Crippen LogP contribution < -0.4 is 5.32 Å². The molecule has 1 unspecified atom stereocenters. The number of ether oxygens (including phenoxy) is 1. The van der Waals surface area contributed by atoms with Crippen molar-refractivity contribution in [3.8, 4) is 0 Å². The summed E-state index contributed by atoms with van der Waals surface area (Å²) in [5.41, 5.74) is 1.95. The third-order valence-corrected chi connectivity index (χ3v) is 4.31. The highest BCUT2D eigenvalue weighted by Crippen LogP contribution is 2.16. The van der Waals surface area contributed by atoms with Gasteiger partial charge >= 0.3 is 0 Å². The molecule has 1 atom stereocenters. The SMILES string of the molecule is Cc1ccc2c(cnn2C(=O)CCCC(=O)NCC2CCCO2)c1. The van der Waals surface area contributed by atoms with Gasteiger partial charge in [-0.1, -0.05) is 11.6 Å². The molecule has 1 aromatic carbocycles. The van der Waals surface area contributed by atoms with Crippen molar-refractivity contribution in [3.63, 3.8) is 0 Å². The highest BCUT2D eigenvalue weighted by atomic mass is 16.5. The number of nitrogens with zero attached hydrogens (tertiary/aromatic N) is 2. The molecule has 1 aliphatic rings. The molecule has 6 heteroatoms. The molecule has 2 aromatic rings. The molecule has 0 radical (unpaired) electrons. The molecule has 1 aliphatic heterocycles. The number of hydrogen-bond acceptors (Lipinski definition) is 4. The van der Waals surface area contributed by atoms with Gasteiger partial charge in [0, 0.05) is 31.4 Å². The van der Waals surface area contributed by atoms with Gasteiger partial charge in [0.15, 0.2) is 0 Å². The zero-order valence-electron chi connectivity index (χ0n) is 14.0. The monoisotopic (exact) mass is 329 g/mol. The first-order valence-corrected chi connectivity index (χ1v) is 8.49. The molecule has 0 saturated carbocycles. The Morgan fingerprint density at radius 2 is 2.25 bits per heavy atom. The van der Waals surface area contributed by atoms with E-state index >= 15 is 0 Å². The minimum Gasteiger partial charge on any atom is -0.376 e. The van der Waals surface area contributed by atoms with Gasteiger partial charge in [-0.15, -0.1) is 0 Å². The Hall–Kier alpha value is -2.21. The van der Waals surface area contributed by atoms with Crippen LogP contribution in [0, 0.1) is 6.92 Å². The zero-order chi connectivity index (χ0) is 16.9. The number of aromatic nitrogens is 2. The molecule has 6 nitrogen and oxygen atoms in total. The van der Waals surface area contributed by atoms with E-state index in [1.165, 1.54) is 4.68 Å². The number of nitrogens with one attached hydrogen (secondary N) is 1. The first kappa shape index (κ1) is 16.6. The Kier molecular flexibility index (Phi) is 5.25. The van der Waals surface area contributed by atoms with Gasteiger partial charge in [-0.3, -0.25) is 9.59 Å². The second-order valence-corrected chi connectivity index (χ2v) is 6.31. The molecule has 0 bridgehead atoms. The van der Waals surface area contributed by atoms with Crippen LogP contribution in [0.1, 0.15) is 42.5 Å². The molecule has 0 spiro atoms. The lowest BCUT2D eigenvalue weighted by Gasteiger charge is -2.10. The fourth-order valence-corrected chi connectivity index (χ4v) is 2.98. The summed E-state index contributed by atoms with van der Waals surface area (Å²) in [6, 6.07) is 5.88. The summed E-state index contributed by atoms with van der Waals surface area (Å²) < 4.78 is 6.89. The minimum absolute atomic E-state index is 0.0285. The van der Waals surface area contributed by atoms with E-state index in [2.05, 4.69) is 10.4 Å². The standard InChI is InChI=1S/C18H23N3O3/c1-13-7-8-16-14(10-13)11-20-21(16)18(23)6-2-5-17(22)19-12-15-4-3-9-24-15/h7-8,10-11,15H,2-6,9,12H2,1H3,(H,19,22). The average molecular weight is 329 g/mol. The van der Waals surface area contributed by atoms with Gasteiger partial charge < -0.3 is 10.1 Å². The van der Waals surface area contributed by atoms with E-state index in [9.17, 15) is 9.59 Å². The second-order valence-electron chi connectivity index (χ2n) is 6.31. The van der Waals surface area contributed by atoms with Gasteiger partial charge in [0.1, 0.15) is 0 Å². The van der Waals surface area contributed by atoms with E-state index < -0.39 is 0 Å². The molecular weight excluding hydrogens is 306 g/mol. The van der Waals surface area contributed by atoms with E-state index in [1.54, 1.807) is 6.20 Å². The Bertz CT molecular complexity index is 732. The molecule has 3 rings (SSSR count). The van der Waals surface area contributed by atoms with Crippen molar-refractivity contribution in [1.29, 1.82) is 0 Å². The van der Waals surface area contributed by atoms with Gasteiger partial charge in [-0.2, -0.15) is 5.10 Å². The maximum Gasteiger partial charge on any atom is 0.247 e. The van der Waals surface area contributed by atoms with Crippen LogP contribution in [0.2, 0.25) is 0 Å². The van der Waals surface area contributed by atoms with Gasteiger partial charge in [0.25, 0.3) is 0 Å². The van der Waals surface area contributed by atoms with Crippen molar-refractivity contribution in [2.45, 2.75) is 45.1 Å². The van der Waals surface area contributed by atoms with Crippen molar-refractivity contribution >= 4 is 22.7 Å². The molecular formula is C18H23N3O3. The summed E-state index contributed by atoms with van der Waals surface area (Å²) in [4.78, 5) is 24.1. The third-order valence-electron chi connectivity index (χ3n) is 4.31. The fourth-order valence-electron chi connectivity index (χ4n) is 2.98. The Labute approximate surface area is 141 Å². The number of carbonyl (C=O) groups excluding carboxylic acids is 2. The van der Waals surface area contributed by atoms with Crippen LogP contribution in [-0.4, -0.2) is 40.9 Å². The maximum atomic E-state index is 12.3. The van der Waals surface area contributed by atoms with Gasteiger partial charge in [0.05, 0.1) is 17.8 Å². The normalized spacial score (nSPS) is 17.3. The highest BCUT2D eigenvalue weighted by molar-refractivity contribution is 5.91. The predicted molar refractivity (Wildman–Crippen MR) is 90.9 cm³/mol. The highest BCUT2D eigenvalue weighted by Gasteiger charge is 2.16. The Morgan fingerprint density at radius 1 is 1.38 bits per heavy atom. The van der Waals surface area contributed by atoms with E-state index in [0.717, 1.165) is 35.9 Å². The summed E-state index contributed by atoms with van der Waals surface area (Å²) in [5, 5.41) is 8.00. The van der Waals surface area contributed by atoms with Crippen molar-refractivity contribution in [3.05, 3.63) is 30.0 Å². The number of rotatable bonds is 6.